The fourth-order valence-corrected chi connectivity index (χ4v) is 3.90. The van der Waals surface area contributed by atoms with Crippen LogP contribution in [0.5, 0.6) is 0 Å². The fraction of sp³-hybridized carbons (Fsp3) is 1.00. The van der Waals surface area contributed by atoms with Gasteiger partial charge in [-0.05, 0) is 59.3 Å². The first-order valence-corrected chi connectivity index (χ1v) is 7.86. The lowest BCUT2D eigenvalue weighted by molar-refractivity contribution is -0.000786. The maximum Gasteiger partial charge on any atom is 0.906 e. The molecular formula is C12H21AlO3. The summed E-state index contributed by atoms with van der Waals surface area (Å²) in [5.74, 6) is 0. The van der Waals surface area contributed by atoms with Crippen LogP contribution in [0.1, 0.15) is 59.3 Å². The number of hydrogen-bond donors (Lipinski definition) is 0. The number of hydrogen-bond acceptors (Lipinski definition) is 3. The Morgan fingerprint density at radius 3 is 1.06 bits per heavy atom. The second-order valence-electron chi connectivity index (χ2n) is 6.49. The van der Waals surface area contributed by atoms with Gasteiger partial charge >= 0.3 is 15.1 Å². The molecule has 0 spiro atoms. The summed E-state index contributed by atoms with van der Waals surface area (Å²) >= 11 is -1.92. The third-order valence-corrected chi connectivity index (χ3v) is 6.29. The third-order valence-electron chi connectivity index (χ3n) is 4.00. The standard InChI is InChI=1S/3C4H7O.Al/c3*1-4(5)2-3-4;/h3*2-3H2,1H3;/q3*-1;+3. The van der Waals surface area contributed by atoms with E-state index in [1.165, 1.54) is 0 Å². The zero-order chi connectivity index (χ0) is 11.4. The molecule has 0 bridgehead atoms. The van der Waals surface area contributed by atoms with Crippen LogP contribution in [-0.4, -0.2) is 32.0 Å². The predicted molar refractivity (Wildman–Crippen MR) is 61.9 cm³/mol. The molecule has 0 aromatic carbocycles. The molecule has 3 fully saturated rings. The molecule has 0 heterocycles. The summed E-state index contributed by atoms with van der Waals surface area (Å²) < 4.78 is 18.2. The topological polar surface area (TPSA) is 27.7 Å². The van der Waals surface area contributed by atoms with Gasteiger partial charge in [-0.2, -0.15) is 0 Å². The van der Waals surface area contributed by atoms with E-state index in [-0.39, 0.29) is 16.8 Å². The highest BCUT2D eigenvalue weighted by atomic mass is 27.3. The van der Waals surface area contributed by atoms with Crippen molar-refractivity contribution in [2.75, 3.05) is 0 Å². The second kappa shape index (κ2) is 3.46. The van der Waals surface area contributed by atoms with Crippen LogP contribution in [0.2, 0.25) is 0 Å². The van der Waals surface area contributed by atoms with E-state index in [4.69, 9.17) is 11.4 Å². The summed E-state index contributed by atoms with van der Waals surface area (Å²) in [7, 11) is 0. The third kappa shape index (κ3) is 2.80. The lowest BCUT2D eigenvalue weighted by Gasteiger charge is -2.24. The van der Waals surface area contributed by atoms with E-state index in [0.717, 1.165) is 38.5 Å². The van der Waals surface area contributed by atoms with E-state index in [0.29, 0.717) is 0 Å². The Kier molecular flexibility index (Phi) is 2.49. The molecule has 0 N–H and O–H groups in total. The van der Waals surface area contributed by atoms with Crippen molar-refractivity contribution in [2.24, 2.45) is 0 Å². The molecule has 0 radical (unpaired) electrons. The lowest BCUT2D eigenvalue weighted by atomic mass is 10.4. The van der Waals surface area contributed by atoms with Gasteiger partial charge in [-0.1, -0.05) is 0 Å². The molecule has 3 saturated carbocycles. The highest BCUT2D eigenvalue weighted by Crippen LogP contribution is 2.46. The van der Waals surface area contributed by atoms with Crippen LogP contribution < -0.4 is 0 Å². The maximum absolute atomic E-state index is 6.08. The van der Waals surface area contributed by atoms with Gasteiger partial charge in [0.1, 0.15) is 0 Å². The molecule has 0 aliphatic heterocycles. The Morgan fingerprint density at radius 1 is 0.625 bits per heavy atom. The van der Waals surface area contributed by atoms with Crippen molar-refractivity contribution in [1.29, 1.82) is 0 Å². The molecule has 3 aliphatic carbocycles. The summed E-state index contributed by atoms with van der Waals surface area (Å²) in [4.78, 5) is 0. The van der Waals surface area contributed by atoms with E-state index in [2.05, 4.69) is 20.8 Å². The number of rotatable bonds is 6. The summed E-state index contributed by atoms with van der Waals surface area (Å²) in [6, 6.07) is 0. The smallest absolute Gasteiger partial charge is 0.449 e. The minimum absolute atomic E-state index is 0.0768. The van der Waals surface area contributed by atoms with E-state index >= 15 is 0 Å². The van der Waals surface area contributed by atoms with Gasteiger partial charge in [0, 0.05) is 16.8 Å². The largest absolute Gasteiger partial charge is 0.906 e. The van der Waals surface area contributed by atoms with Gasteiger partial charge in [0.2, 0.25) is 0 Å². The summed E-state index contributed by atoms with van der Waals surface area (Å²) in [5, 5.41) is 0. The molecule has 16 heavy (non-hydrogen) atoms. The van der Waals surface area contributed by atoms with Crippen LogP contribution in [0.25, 0.3) is 0 Å². The van der Waals surface area contributed by atoms with Gasteiger partial charge in [-0.25, -0.2) is 0 Å². The molecule has 3 nitrogen and oxygen atoms in total. The highest BCUT2D eigenvalue weighted by Gasteiger charge is 2.56. The molecule has 0 unspecified atom stereocenters. The first-order chi connectivity index (χ1) is 7.41. The Hall–Kier alpha value is 0.412. The molecule has 0 aromatic heterocycles. The Labute approximate surface area is 103 Å². The first-order valence-electron chi connectivity index (χ1n) is 6.44. The van der Waals surface area contributed by atoms with Crippen LogP contribution in [-0.2, 0) is 11.4 Å². The van der Waals surface area contributed by atoms with Gasteiger partial charge in [0.05, 0.1) is 0 Å². The van der Waals surface area contributed by atoms with E-state index in [9.17, 15) is 0 Å². The van der Waals surface area contributed by atoms with Gasteiger partial charge < -0.3 is 11.4 Å². The first kappa shape index (κ1) is 11.5. The van der Waals surface area contributed by atoms with Gasteiger partial charge in [-0.15, -0.1) is 0 Å². The Bertz CT molecular complexity index is 245. The SMILES string of the molecule is CC1([O][Al]([O]C2(C)CC2)[O]C2(C)CC2)CC1. The van der Waals surface area contributed by atoms with Crippen molar-refractivity contribution in [2.45, 2.75) is 76.1 Å². The molecule has 0 saturated heterocycles. The monoisotopic (exact) mass is 240 g/mol. The predicted octanol–water partition coefficient (Wildman–Crippen LogP) is 2.68. The molecule has 0 aromatic rings. The lowest BCUT2D eigenvalue weighted by Crippen LogP contribution is -2.38. The normalized spacial score (nSPS) is 30.9. The zero-order valence-electron chi connectivity index (χ0n) is 10.5. The molecule has 0 atom stereocenters. The Balaban J connectivity index is 1.58. The summed E-state index contributed by atoms with van der Waals surface area (Å²) in [5.41, 5.74) is 0.230. The van der Waals surface area contributed by atoms with Crippen LogP contribution >= 0.6 is 0 Å². The Morgan fingerprint density at radius 2 is 0.875 bits per heavy atom. The van der Waals surface area contributed by atoms with E-state index in [1.807, 2.05) is 0 Å². The molecule has 0 amide bonds. The second-order valence-corrected chi connectivity index (χ2v) is 7.78. The van der Waals surface area contributed by atoms with E-state index in [1.54, 1.807) is 0 Å². The minimum atomic E-state index is -1.92. The van der Waals surface area contributed by atoms with E-state index < -0.39 is 15.1 Å². The van der Waals surface area contributed by atoms with Crippen LogP contribution in [0.15, 0.2) is 0 Å². The van der Waals surface area contributed by atoms with Crippen molar-refractivity contribution < 1.29 is 11.4 Å². The summed E-state index contributed by atoms with van der Waals surface area (Å²) in [6.07, 6.45) is 6.98. The van der Waals surface area contributed by atoms with Crippen molar-refractivity contribution in [1.82, 2.24) is 0 Å². The van der Waals surface area contributed by atoms with Gasteiger partial charge in [0.25, 0.3) is 0 Å². The average molecular weight is 240 g/mol. The average Bonchev–Trinajstić information content (AvgIpc) is 3.05. The molecular weight excluding hydrogens is 219 g/mol. The molecule has 4 heteroatoms. The van der Waals surface area contributed by atoms with Gasteiger partial charge in [0.15, 0.2) is 0 Å². The fourth-order valence-electron chi connectivity index (χ4n) is 1.65. The summed E-state index contributed by atoms with van der Waals surface area (Å²) in [6.45, 7) is 6.51. The molecule has 90 valence electrons. The van der Waals surface area contributed by atoms with Crippen LogP contribution in [0, 0.1) is 0 Å². The molecule has 3 aliphatic rings. The van der Waals surface area contributed by atoms with Crippen molar-refractivity contribution >= 4 is 15.1 Å². The quantitative estimate of drug-likeness (QED) is 0.668. The minimum Gasteiger partial charge on any atom is -0.449 e. The zero-order valence-corrected chi connectivity index (χ0v) is 11.7. The highest BCUT2D eigenvalue weighted by molar-refractivity contribution is 6.37. The van der Waals surface area contributed by atoms with Crippen LogP contribution in [0.3, 0.4) is 0 Å². The van der Waals surface area contributed by atoms with Crippen molar-refractivity contribution in [3.05, 3.63) is 0 Å². The van der Waals surface area contributed by atoms with Gasteiger partial charge in [-0.3, -0.25) is 0 Å². The maximum atomic E-state index is 6.08. The molecule has 3 rings (SSSR count). The van der Waals surface area contributed by atoms with Crippen molar-refractivity contribution in [3.63, 3.8) is 0 Å². The van der Waals surface area contributed by atoms with Crippen molar-refractivity contribution in [3.8, 4) is 0 Å². The van der Waals surface area contributed by atoms with Crippen LogP contribution in [0.4, 0.5) is 0 Å².